The standard InChI is InChI=1S/C14H10ClNO3/c1-19-14-12(10(8-17)5-6-16-14)13(18)9-3-2-4-11(15)7-9/h2-7,12H,1H3. The smallest absolute Gasteiger partial charge is 0.204 e. The van der Waals surface area contributed by atoms with Crippen LogP contribution in [0.25, 0.3) is 0 Å². The quantitative estimate of drug-likeness (QED) is 0.615. The van der Waals surface area contributed by atoms with Crippen LogP contribution < -0.4 is 0 Å². The first-order valence-corrected chi connectivity index (χ1v) is 5.88. The molecule has 1 heterocycles. The van der Waals surface area contributed by atoms with Crippen molar-refractivity contribution in [2.75, 3.05) is 7.11 Å². The summed E-state index contributed by atoms with van der Waals surface area (Å²) in [6.45, 7) is 0. The average molecular weight is 276 g/mol. The maximum atomic E-state index is 12.4. The van der Waals surface area contributed by atoms with E-state index in [-0.39, 0.29) is 17.3 Å². The summed E-state index contributed by atoms with van der Waals surface area (Å²) in [5.41, 5.74) is 0.585. The summed E-state index contributed by atoms with van der Waals surface area (Å²) in [5, 5.41) is 0.449. The molecular formula is C14H10ClNO3. The van der Waals surface area contributed by atoms with Crippen molar-refractivity contribution in [2.24, 2.45) is 10.9 Å². The Morgan fingerprint density at radius 3 is 2.89 bits per heavy atom. The highest BCUT2D eigenvalue weighted by Gasteiger charge is 2.32. The van der Waals surface area contributed by atoms with Crippen molar-refractivity contribution in [2.45, 2.75) is 0 Å². The van der Waals surface area contributed by atoms with Crippen LogP contribution in [0.15, 0.2) is 47.1 Å². The molecule has 1 aliphatic rings. The molecule has 1 atom stereocenters. The van der Waals surface area contributed by atoms with Gasteiger partial charge in [0, 0.05) is 16.8 Å². The molecule has 19 heavy (non-hydrogen) atoms. The minimum Gasteiger partial charge on any atom is -0.483 e. The van der Waals surface area contributed by atoms with Crippen LogP contribution in [0, 0.1) is 5.92 Å². The monoisotopic (exact) mass is 275 g/mol. The number of aliphatic imine (C=N–C) groups is 1. The second-order valence-electron chi connectivity index (χ2n) is 3.85. The van der Waals surface area contributed by atoms with Crippen molar-refractivity contribution < 1.29 is 14.3 Å². The topological polar surface area (TPSA) is 55.7 Å². The first-order chi connectivity index (χ1) is 9.17. The predicted molar refractivity (Wildman–Crippen MR) is 72.1 cm³/mol. The Hall–Kier alpha value is -2.16. The summed E-state index contributed by atoms with van der Waals surface area (Å²) in [7, 11) is 1.40. The van der Waals surface area contributed by atoms with Gasteiger partial charge in [-0.3, -0.25) is 4.79 Å². The molecule has 0 fully saturated rings. The predicted octanol–water partition coefficient (Wildman–Crippen LogP) is 2.47. The number of rotatable bonds is 2. The van der Waals surface area contributed by atoms with E-state index in [9.17, 15) is 9.59 Å². The normalized spacial score (nSPS) is 17.7. The molecule has 0 saturated carbocycles. The van der Waals surface area contributed by atoms with Gasteiger partial charge in [0.25, 0.3) is 0 Å². The molecule has 0 radical (unpaired) electrons. The molecule has 1 aromatic rings. The van der Waals surface area contributed by atoms with E-state index in [1.165, 1.54) is 25.5 Å². The lowest BCUT2D eigenvalue weighted by molar-refractivity contribution is 0.0960. The fourth-order valence-corrected chi connectivity index (χ4v) is 2.01. The maximum Gasteiger partial charge on any atom is 0.204 e. The zero-order valence-corrected chi connectivity index (χ0v) is 10.8. The number of methoxy groups -OCH3 is 1. The second kappa shape index (κ2) is 5.65. The Balaban J connectivity index is 2.44. The summed E-state index contributed by atoms with van der Waals surface area (Å²) in [4.78, 5) is 27.3. The number of hydrogen-bond acceptors (Lipinski definition) is 4. The largest absolute Gasteiger partial charge is 0.483 e. The third-order valence-electron chi connectivity index (χ3n) is 2.71. The molecular weight excluding hydrogens is 266 g/mol. The van der Waals surface area contributed by atoms with Crippen molar-refractivity contribution in [1.29, 1.82) is 0 Å². The fraction of sp³-hybridized carbons (Fsp3) is 0.143. The van der Waals surface area contributed by atoms with Crippen molar-refractivity contribution in [1.82, 2.24) is 0 Å². The van der Waals surface area contributed by atoms with Gasteiger partial charge in [-0.25, -0.2) is 9.79 Å². The van der Waals surface area contributed by atoms with Crippen LogP contribution in [-0.2, 0) is 9.53 Å². The average Bonchev–Trinajstić information content (AvgIpc) is 2.45. The minimum absolute atomic E-state index is 0.172. The number of Topliss-reactive ketones (excluding diaryl/α,β-unsaturated/α-hetero) is 1. The van der Waals surface area contributed by atoms with Crippen molar-refractivity contribution in [3.63, 3.8) is 0 Å². The maximum absolute atomic E-state index is 12.4. The van der Waals surface area contributed by atoms with Gasteiger partial charge in [-0.15, -0.1) is 0 Å². The zero-order chi connectivity index (χ0) is 13.8. The molecule has 0 amide bonds. The first-order valence-electron chi connectivity index (χ1n) is 5.50. The number of benzene rings is 1. The second-order valence-corrected chi connectivity index (χ2v) is 4.29. The molecule has 2 rings (SSSR count). The number of ketones is 1. The van der Waals surface area contributed by atoms with Crippen molar-refractivity contribution in [3.8, 4) is 0 Å². The van der Waals surface area contributed by atoms with Crippen LogP contribution in [0.1, 0.15) is 10.4 Å². The van der Waals surface area contributed by atoms with Crippen LogP contribution in [0.5, 0.6) is 0 Å². The third kappa shape index (κ3) is 2.65. The Labute approximate surface area is 115 Å². The summed E-state index contributed by atoms with van der Waals surface area (Å²) >= 11 is 5.86. The number of ether oxygens (including phenoxy) is 1. The summed E-state index contributed by atoms with van der Waals surface area (Å²) in [6.07, 6.45) is 2.85. The molecule has 1 aromatic carbocycles. The Morgan fingerprint density at radius 1 is 1.47 bits per heavy atom. The number of halogens is 1. The third-order valence-corrected chi connectivity index (χ3v) is 2.95. The molecule has 4 nitrogen and oxygen atoms in total. The van der Waals surface area contributed by atoms with Crippen LogP contribution in [0.4, 0.5) is 0 Å². The van der Waals surface area contributed by atoms with Crippen molar-refractivity contribution >= 4 is 29.2 Å². The molecule has 0 bridgehead atoms. The number of nitrogens with zero attached hydrogens (tertiary/aromatic N) is 1. The Bertz CT molecular complexity index is 627. The van der Waals surface area contributed by atoms with Gasteiger partial charge < -0.3 is 4.74 Å². The highest BCUT2D eigenvalue weighted by Crippen LogP contribution is 2.23. The molecule has 0 aromatic heterocycles. The van der Waals surface area contributed by atoms with Gasteiger partial charge in [0.15, 0.2) is 5.78 Å². The van der Waals surface area contributed by atoms with E-state index in [0.29, 0.717) is 10.6 Å². The van der Waals surface area contributed by atoms with E-state index in [4.69, 9.17) is 16.3 Å². The first kappa shape index (κ1) is 13.3. The number of carbonyl (C=O) groups excluding carboxylic acids is 2. The molecule has 0 spiro atoms. The van der Waals surface area contributed by atoms with E-state index in [0.717, 1.165) is 0 Å². The van der Waals surface area contributed by atoms with Gasteiger partial charge in [-0.2, -0.15) is 0 Å². The molecule has 0 saturated heterocycles. The SMILES string of the molecule is COC1=NC=CC(=C=O)C1C(=O)c1cccc(Cl)c1. The Kier molecular flexibility index (Phi) is 3.95. The van der Waals surface area contributed by atoms with E-state index < -0.39 is 5.92 Å². The summed E-state index contributed by atoms with van der Waals surface area (Å²) in [6, 6.07) is 6.50. The molecule has 0 aliphatic carbocycles. The Morgan fingerprint density at radius 2 is 2.26 bits per heavy atom. The van der Waals surface area contributed by atoms with E-state index >= 15 is 0 Å². The zero-order valence-electron chi connectivity index (χ0n) is 10.1. The van der Waals surface area contributed by atoms with Gasteiger partial charge in [0.1, 0.15) is 11.9 Å². The number of hydrogen-bond donors (Lipinski definition) is 0. The van der Waals surface area contributed by atoms with Crippen LogP contribution in [-0.4, -0.2) is 24.7 Å². The molecule has 0 N–H and O–H groups in total. The summed E-state index contributed by atoms with van der Waals surface area (Å²) in [5.74, 6) is 0.751. The van der Waals surface area contributed by atoms with Crippen LogP contribution in [0.2, 0.25) is 5.02 Å². The van der Waals surface area contributed by atoms with E-state index in [1.54, 1.807) is 24.1 Å². The van der Waals surface area contributed by atoms with Gasteiger partial charge in [-0.05, 0) is 18.2 Å². The van der Waals surface area contributed by atoms with E-state index in [2.05, 4.69) is 4.99 Å². The highest BCUT2D eigenvalue weighted by atomic mass is 35.5. The molecule has 1 unspecified atom stereocenters. The lowest BCUT2D eigenvalue weighted by Gasteiger charge is -2.18. The minimum atomic E-state index is -0.869. The number of carbonyl (C=O) groups is 1. The fourth-order valence-electron chi connectivity index (χ4n) is 1.82. The highest BCUT2D eigenvalue weighted by molar-refractivity contribution is 6.31. The van der Waals surface area contributed by atoms with Crippen molar-refractivity contribution in [3.05, 3.63) is 52.7 Å². The van der Waals surface area contributed by atoms with Gasteiger partial charge in [-0.1, -0.05) is 23.7 Å². The van der Waals surface area contributed by atoms with Crippen LogP contribution in [0.3, 0.4) is 0 Å². The van der Waals surface area contributed by atoms with Gasteiger partial charge in [0.05, 0.1) is 12.7 Å². The van der Waals surface area contributed by atoms with E-state index in [1.807, 2.05) is 0 Å². The lowest BCUT2D eigenvalue weighted by Crippen LogP contribution is -2.28. The molecule has 1 aliphatic heterocycles. The lowest BCUT2D eigenvalue weighted by atomic mass is 9.89. The number of allylic oxidation sites excluding steroid dienone is 1. The van der Waals surface area contributed by atoms with Gasteiger partial charge >= 0.3 is 0 Å². The van der Waals surface area contributed by atoms with Gasteiger partial charge in [0.2, 0.25) is 5.90 Å². The molecule has 96 valence electrons. The molecule has 5 heteroatoms. The summed E-state index contributed by atoms with van der Waals surface area (Å²) < 4.78 is 5.05. The van der Waals surface area contributed by atoms with Crippen LogP contribution >= 0.6 is 11.6 Å².